The molecule has 104 valence electrons. The molecule has 0 amide bonds. The Kier molecular flexibility index (Phi) is 4.04. The molecule has 1 aliphatic rings. The van der Waals surface area contributed by atoms with E-state index in [1.165, 1.54) is 6.07 Å². The van der Waals surface area contributed by atoms with Gasteiger partial charge in [-0.2, -0.15) is 0 Å². The average Bonchev–Trinajstić information content (AvgIpc) is 2.87. The van der Waals surface area contributed by atoms with Crippen LogP contribution in [0.1, 0.15) is 25.8 Å². The van der Waals surface area contributed by atoms with Crippen LogP contribution in [0.2, 0.25) is 0 Å². The van der Waals surface area contributed by atoms with E-state index in [9.17, 15) is 15.2 Å². The molecule has 0 radical (unpaired) electrons. The van der Waals surface area contributed by atoms with E-state index in [4.69, 9.17) is 0 Å². The lowest BCUT2D eigenvalue weighted by molar-refractivity contribution is -0.385. The van der Waals surface area contributed by atoms with Gasteiger partial charge in [-0.3, -0.25) is 10.1 Å². The summed E-state index contributed by atoms with van der Waals surface area (Å²) in [6, 6.07) is 5.00. The lowest BCUT2D eigenvalue weighted by Crippen LogP contribution is -2.21. The topological polar surface area (TPSA) is 66.6 Å². The molecule has 19 heavy (non-hydrogen) atoms. The lowest BCUT2D eigenvalue weighted by Gasteiger charge is -2.20. The number of nitro benzene ring substituents is 1. The van der Waals surface area contributed by atoms with E-state index in [0.29, 0.717) is 17.4 Å². The fourth-order valence-corrected chi connectivity index (χ4v) is 2.64. The highest BCUT2D eigenvalue weighted by atomic mass is 16.6. The van der Waals surface area contributed by atoms with E-state index in [0.717, 1.165) is 25.2 Å². The molecule has 2 rings (SSSR count). The minimum absolute atomic E-state index is 0.00847. The molecule has 0 aliphatic carbocycles. The zero-order valence-electron chi connectivity index (χ0n) is 11.4. The summed E-state index contributed by atoms with van der Waals surface area (Å²) < 4.78 is 0. The zero-order valence-corrected chi connectivity index (χ0v) is 11.4. The first-order valence-corrected chi connectivity index (χ1v) is 6.66. The molecule has 0 bridgehead atoms. The van der Waals surface area contributed by atoms with Crippen LogP contribution < -0.4 is 4.90 Å². The molecule has 1 saturated heterocycles. The van der Waals surface area contributed by atoms with Crippen LogP contribution in [0.25, 0.3) is 0 Å². The van der Waals surface area contributed by atoms with Gasteiger partial charge in [-0.1, -0.05) is 13.8 Å². The number of nitrogens with zero attached hydrogens (tertiary/aromatic N) is 2. The fourth-order valence-electron chi connectivity index (χ4n) is 2.64. The third-order valence-electron chi connectivity index (χ3n) is 3.96. The highest BCUT2D eigenvalue weighted by Gasteiger charge is 2.26. The number of hydrogen-bond donors (Lipinski definition) is 1. The molecule has 1 aromatic carbocycles. The van der Waals surface area contributed by atoms with Crippen LogP contribution in [0.5, 0.6) is 0 Å². The van der Waals surface area contributed by atoms with E-state index >= 15 is 0 Å². The van der Waals surface area contributed by atoms with Crippen molar-refractivity contribution in [1.82, 2.24) is 0 Å². The molecule has 1 unspecified atom stereocenters. The maximum Gasteiger partial charge on any atom is 0.275 e. The third kappa shape index (κ3) is 2.87. The maximum atomic E-state index is 10.8. The SMILES string of the molecule is CC(C)C1CCN(c2ccc([N+](=O)[O-])c(CO)c2)C1. The van der Waals surface area contributed by atoms with Crippen LogP contribution in [0.15, 0.2) is 18.2 Å². The second kappa shape index (κ2) is 5.57. The third-order valence-corrected chi connectivity index (χ3v) is 3.96. The van der Waals surface area contributed by atoms with Gasteiger partial charge >= 0.3 is 0 Å². The van der Waals surface area contributed by atoms with E-state index in [2.05, 4.69) is 18.7 Å². The van der Waals surface area contributed by atoms with Crippen molar-refractivity contribution < 1.29 is 10.0 Å². The standard InChI is InChI=1S/C14H20N2O3/c1-10(2)11-5-6-15(8-11)13-3-4-14(16(18)19)12(7-13)9-17/h3-4,7,10-11,17H,5-6,8-9H2,1-2H3. The van der Waals surface area contributed by atoms with Gasteiger partial charge in [0.25, 0.3) is 5.69 Å². The van der Waals surface area contributed by atoms with E-state index in [1.54, 1.807) is 12.1 Å². The van der Waals surface area contributed by atoms with Gasteiger partial charge in [0.05, 0.1) is 17.1 Å². The van der Waals surface area contributed by atoms with Gasteiger partial charge in [0.1, 0.15) is 0 Å². The Balaban J connectivity index is 2.20. The average molecular weight is 264 g/mol. The van der Waals surface area contributed by atoms with Crippen LogP contribution in [0.3, 0.4) is 0 Å². The van der Waals surface area contributed by atoms with E-state index in [1.807, 2.05) is 0 Å². The van der Waals surface area contributed by atoms with Gasteiger partial charge in [0.15, 0.2) is 0 Å². The quantitative estimate of drug-likeness (QED) is 0.670. The number of rotatable bonds is 4. The van der Waals surface area contributed by atoms with Gasteiger partial charge in [-0.05, 0) is 30.4 Å². The summed E-state index contributed by atoms with van der Waals surface area (Å²) in [5.41, 5.74) is 1.35. The van der Waals surface area contributed by atoms with Gasteiger partial charge in [-0.25, -0.2) is 0 Å². The number of aliphatic hydroxyl groups excluding tert-OH is 1. The number of anilines is 1. The summed E-state index contributed by atoms with van der Waals surface area (Å²) >= 11 is 0. The van der Waals surface area contributed by atoms with Crippen LogP contribution in [-0.4, -0.2) is 23.1 Å². The largest absolute Gasteiger partial charge is 0.391 e. The Morgan fingerprint density at radius 2 is 2.26 bits per heavy atom. The monoisotopic (exact) mass is 264 g/mol. The Morgan fingerprint density at radius 3 is 2.79 bits per heavy atom. The van der Waals surface area contributed by atoms with Crippen molar-refractivity contribution in [3.63, 3.8) is 0 Å². The molecule has 1 N–H and O–H groups in total. The molecule has 0 saturated carbocycles. The first-order valence-electron chi connectivity index (χ1n) is 6.66. The molecular weight excluding hydrogens is 244 g/mol. The van der Waals surface area contributed by atoms with Gasteiger partial charge in [0.2, 0.25) is 0 Å². The second-order valence-electron chi connectivity index (χ2n) is 5.47. The summed E-state index contributed by atoms with van der Waals surface area (Å²) in [5, 5.41) is 20.1. The van der Waals surface area contributed by atoms with Crippen LogP contribution in [-0.2, 0) is 6.61 Å². The van der Waals surface area contributed by atoms with Gasteiger partial charge in [-0.15, -0.1) is 0 Å². The second-order valence-corrected chi connectivity index (χ2v) is 5.47. The Morgan fingerprint density at radius 1 is 1.53 bits per heavy atom. The van der Waals surface area contributed by atoms with E-state index in [-0.39, 0.29) is 12.3 Å². The lowest BCUT2D eigenvalue weighted by atomic mass is 9.95. The molecule has 1 aromatic rings. The van der Waals surface area contributed by atoms with Crippen molar-refractivity contribution in [3.8, 4) is 0 Å². The summed E-state index contributed by atoms with van der Waals surface area (Å²) in [7, 11) is 0. The normalized spacial score (nSPS) is 19.2. The summed E-state index contributed by atoms with van der Waals surface area (Å²) in [6.45, 7) is 6.11. The number of nitro groups is 1. The predicted molar refractivity (Wildman–Crippen MR) is 74.2 cm³/mol. The molecule has 0 aromatic heterocycles. The number of benzene rings is 1. The summed E-state index contributed by atoms with van der Waals surface area (Å²) in [5.74, 6) is 1.33. The van der Waals surface area contributed by atoms with Crippen LogP contribution in [0, 0.1) is 22.0 Å². The molecule has 1 atom stereocenters. The Hall–Kier alpha value is -1.62. The fraction of sp³-hybridized carbons (Fsp3) is 0.571. The highest BCUT2D eigenvalue weighted by molar-refractivity contribution is 5.56. The highest BCUT2D eigenvalue weighted by Crippen LogP contribution is 2.31. The first kappa shape index (κ1) is 13.8. The predicted octanol–water partition coefficient (Wildman–Crippen LogP) is 2.57. The number of hydrogen-bond acceptors (Lipinski definition) is 4. The van der Waals surface area contributed by atoms with Crippen molar-refractivity contribution in [3.05, 3.63) is 33.9 Å². The zero-order chi connectivity index (χ0) is 14.0. The van der Waals surface area contributed by atoms with Gasteiger partial charge in [0, 0.05) is 24.8 Å². The van der Waals surface area contributed by atoms with Crippen molar-refractivity contribution >= 4 is 11.4 Å². The van der Waals surface area contributed by atoms with Crippen molar-refractivity contribution in [2.45, 2.75) is 26.9 Å². The molecular formula is C14H20N2O3. The number of aliphatic hydroxyl groups is 1. The molecule has 0 spiro atoms. The Bertz CT molecular complexity index is 474. The molecule has 5 nitrogen and oxygen atoms in total. The summed E-state index contributed by atoms with van der Waals surface area (Å²) in [6.07, 6.45) is 1.16. The minimum atomic E-state index is -0.448. The van der Waals surface area contributed by atoms with Crippen LogP contribution >= 0.6 is 0 Å². The van der Waals surface area contributed by atoms with Gasteiger partial charge < -0.3 is 10.0 Å². The molecule has 5 heteroatoms. The summed E-state index contributed by atoms with van der Waals surface area (Å²) in [4.78, 5) is 12.6. The molecule has 1 aliphatic heterocycles. The maximum absolute atomic E-state index is 10.8. The Labute approximate surface area is 113 Å². The van der Waals surface area contributed by atoms with Crippen molar-refractivity contribution in [2.75, 3.05) is 18.0 Å². The van der Waals surface area contributed by atoms with E-state index < -0.39 is 4.92 Å². The minimum Gasteiger partial charge on any atom is -0.391 e. The van der Waals surface area contributed by atoms with Crippen molar-refractivity contribution in [1.29, 1.82) is 0 Å². The molecule has 1 heterocycles. The smallest absolute Gasteiger partial charge is 0.275 e. The van der Waals surface area contributed by atoms with Crippen molar-refractivity contribution in [2.24, 2.45) is 11.8 Å². The van der Waals surface area contributed by atoms with Crippen LogP contribution in [0.4, 0.5) is 11.4 Å². The molecule has 1 fully saturated rings. The first-order chi connectivity index (χ1) is 9.02.